The summed E-state index contributed by atoms with van der Waals surface area (Å²) in [7, 11) is 1.59. The first-order chi connectivity index (χ1) is 9.10. The van der Waals surface area contributed by atoms with Crippen molar-refractivity contribution in [2.75, 3.05) is 12.4 Å². The van der Waals surface area contributed by atoms with Crippen LogP contribution in [0.3, 0.4) is 0 Å². The van der Waals surface area contributed by atoms with E-state index in [-0.39, 0.29) is 5.91 Å². The molecule has 98 valence electrons. The van der Waals surface area contributed by atoms with Crippen LogP contribution >= 0.6 is 11.6 Å². The molecule has 0 aromatic heterocycles. The predicted molar refractivity (Wildman–Crippen MR) is 77.1 cm³/mol. The number of rotatable bonds is 3. The Kier molecular flexibility index (Phi) is 4.07. The number of anilines is 1. The smallest absolute Gasteiger partial charge is 0.255 e. The van der Waals surface area contributed by atoms with E-state index < -0.39 is 0 Å². The number of benzene rings is 2. The first-order valence-corrected chi connectivity index (χ1v) is 6.19. The minimum absolute atomic E-state index is 0.180. The first-order valence-electron chi connectivity index (χ1n) is 5.81. The molecule has 19 heavy (non-hydrogen) atoms. The minimum atomic E-state index is -0.180. The number of aryl methyl sites for hydroxylation is 1. The van der Waals surface area contributed by atoms with Gasteiger partial charge in [0.1, 0.15) is 5.75 Å². The van der Waals surface area contributed by atoms with Crippen LogP contribution in [0.4, 0.5) is 5.69 Å². The maximum Gasteiger partial charge on any atom is 0.255 e. The fourth-order valence-electron chi connectivity index (χ4n) is 1.70. The van der Waals surface area contributed by atoms with Gasteiger partial charge in [-0.25, -0.2) is 0 Å². The summed E-state index contributed by atoms with van der Waals surface area (Å²) in [6.07, 6.45) is 0. The van der Waals surface area contributed by atoms with E-state index in [1.54, 1.807) is 43.5 Å². The molecule has 1 amide bonds. The van der Waals surface area contributed by atoms with Crippen LogP contribution in [0.5, 0.6) is 5.75 Å². The maximum atomic E-state index is 12.1. The normalized spacial score (nSPS) is 10.1. The highest BCUT2D eigenvalue weighted by molar-refractivity contribution is 6.30. The van der Waals surface area contributed by atoms with Gasteiger partial charge in [0, 0.05) is 16.3 Å². The Bertz CT molecular complexity index is 594. The molecular formula is C15H14ClNO2. The molecule has 0 spiro atoms. The molecule has 0 aliphatic carbocycles. The molecule has 3 nitrogen and oxygen atoms in total. The quantitative estimate of drug-likeness (QED) is 0.922. The number of nitrogens with one attached hydrogen (secondary N) is 1. The summed E-state index contributed by atoms with van der Waals surface area (Å²) in [5, 5.41) is 3.44. The highest BCUT2D eigenvalue weighted by Gasteiger charge is 2.08. The van der Waals surface area contributed by atoms with Crippen molar-refractivity contribution in [3.8, 4) is 5.75 Å². The zero-order chi connectivity index (χ0) is 13.8. The van der Waals surface area contributed by atoms with Gasteiger partial charge in [0.2, 0.25) is 0 Å². The molecule has 2 aromatic rings. The molecule has 0 unspecified atom stereocenters. The lowest BCUT2D eigenvalue weighted by atomic mass is 10.1. The number of hydrogen-bond acceptors (Lipinski definition) is 2. The maximum absolute atomic E-state index is 12.1. The molecule has 0 saturated carbocycles. The van der Waals surface area contributed by atoms with Crippen molar-refractivity contribution < 1.29 is 9.53 Å². The Morgan fingerprint density at radius 1 is 1.16 bits per heavy atom. The average molecular weight is 276 g/mol. The third-order valence-electron chi connectivity index (χ3n) is 2.77. The van der Waals surface area contributed by atoms with E-state index in [9.17, 15) is 4.79 Å². The number of halogens is 1. The number of ether oxygens (including phenoxy) is 1. The monoisotopic (exact) mass is 275 g/mol. The molecular weight excluding hydrogens is 262 g/mol. The Hall–Kier alpha value is -2.00. The lowest BCUT2D eigenvalue weighted by Gasteiger charge is -2.08. The Balaban J connectivity index is 2.18. The molecule has 0 bridgehead atoms. The molecule has 0 atom stereocenters. The van der Waals surface area contributed by atoms with Crippen LogP contribution in [-0.2, 0) is 0 Å². The van der Waals surface area contributed by atoms with Crippen LogP contribution in [0.15, 0.2) is 42.5 Å². The van der Waals surface area contributed by atoms with E-state index in [0.717, 1.165) is 5.56 Å². The van der Waals surface area contributed by atoms with Gasteiger partial charge in [-0.15, -0.1) is 0 Å². The van der Waals surface area contributed by atoms with Gasteiger partial charge in [0.15, 0.2) is 0 Å². The minimum Gasteiger partial charge on any atom is -0.496 e. The predicted octanol–water partition coefficient (Wildman–Crippen LogP) is 3.91. The van der Waals surface area contributed by atoms with Gasteiger partial charge >= 0.3 is 0 Å². The fraction of sp³-hybridized carbons (Fsp3) is 0.133. The number of amides is 1. The number of carbonyl (C=O) groups excluding carboxylic acids is 1. The summed E-state index contributed by atoms with van der Waals surface area (Å²) >= 11 is 5.79. The van der Waals surface area contributed by atoms with Crippen LogP contribution in [0.2, 0.25) is 5.02 Å². The van der Waals surface area contributed by atoms with Crippen molar-refractivity contribution in [1.82, 2.24) is 0 Å². The molecule has 0 aliphatic heterocycles. The largest absolute Gasteiger partial charge is 0.496 e. The molecule has 0 fully saturated rings. The molecule has 0 radical (unpaired) electrons. The van der Waals surface area contributed by atoms with Crippen molar-refractivity contribution in [2.45, 2.75) is 6.92 Å². The van der Waals surface area contributed by atoms with E-state index >= 15 is 0 Å². The van der Waals surface area contributed by atoms with E-state index in [1.165, 1.54) is 0 Å². The van der Waals surface area contributed by atoms with Gasteiger partial charge in [-0.3, -0.25) is 4.79 Å². The van der Waals surface area contributed by atoms with Crippen LogP contribution in [0.1, 0.15) is 15.9 Å². The summed E-state index contributed by atoms with van der Waals surface area (Å²) in [6, 6.07) is 12.3. The van der Waals surface area contributed by atoms with Crippen LogP contribution < -0.4 is 10.1 Å². The first kappa shape index (κ1) is 13.4. The Labute approximate surface area is 117 Å². The molecule has 0 aliphatic rings. The molecule has 1 N–H and O–H groups in total. The second kappa shape index (κ2) is 5.76. The summed E-state index contributed by atoms with van der Waals surface area (Å²) < 4.78 is 5.20. The summed E-state index contributed by atoms with van der Waals surface area (Å²) in [5.41, 5.74) is 2.25. The van der Waals surface area contributed by atoms with Crippen molar-refractivity contribution in [2.24, 2.45) is 0 Å². The lowest BCUT2D eigenvalue weighted by molar-refractivity contribution is 0.102. The lowest BCUT2D eigenvalue weighted by Crippen LogP contribution is -2.12. The van der Waals surface area contributed by atoms with Crippen molar-refractivity contribution in [3.63, 3.8) is 0 Å². The van der Waals surface area contributed by atoms with Gasteiger partial charge in [-0.2, -0.15) is 0 Å². The van der Waals surface area contributed by atoms with Gasteiger partial charge in [-0.05, 0) is 48.9 Å². The average Bonchev–Trinajstić information content (AvgIpc) is 2.42. The highest BCUT2D eigenvalue weighted by atomic mass is 35.5. The third-order valence-corrected chi connectivity index (χ3v) is 3.02. The molecule has 0 heterocycles. The Morgan fingerprint density at radius 2 is 1.84 bits per heavy atom. The van der Waals surface area contributed by atoms with E-state index in [2.05, 4.69) is 5.32 Å². The van der Waals surface area contributed by atoms with E-state index in [4.69, 9.17) is 16.3 Å². The van der Waals surface area contributed by atoms with Gasteiger partial charge < -0.3 is 10.1 Å². The zero-order valence-electron chi connectivity index (χ0n) is 10.7. The number of hydrogen-bond donors (Lipinski definition) is 1. The third kappa shape index (κ3) is 3.26. The molecule has 2 aromatic carbocycles. The van der Waals surface area contributed by atoms with Gasteiger partial charge in [0.25, 0.3) is 5.91 Å². The topological polar surface area (TPSA) is 38.3 Å². The van der Waals surface area contributed by atoms with Crippen molar-refractivity contribution >= 4 is 23.2 Å². The second-order valence-electron chi connectivity index (χ2n) is 4.15. The highest BCUT2D eigenvalue weighted by Crippen LogP contribution is 2.20. The number of methoxy groups -OCH3 is 1. The van der Waals surface area contributed by atoms with Crippen LogP contribution in [0.25, 0.3) is 0 Å². The summed E-state index contributed by atoms with van der Waals surface area (Å²) in [4.78, 5) is 12.1. The molecule has 2 rings (SSSR count). The van der Waals surface area contributed by atoms with E-state index in [1.807, 2.05) is 13.0 Å². The zero-order valence-corrected chi connectivity index (χ0v) is 11.5. The van der Waals surface area contributed by atoms with Crippen molar-refractivity contribution in [1.29, 1.82) is 0 Å². The van der Waals surface area contributed by atoms with Gasteiger partial charge in [0.05, 0.1) is 7.11 Å². The van der Waals surface area contributed by atoms with Crippen molar-refractivity contribution in [3.05, 3.63) is 58.6 Å². The van der Waals surface area contributed by atoms with E-state index in [0.29, 0.717) is 22.0 Å². The van der Waals surface area contributed by atoms with Crippen LogP contribution in [-0.4, -0.2) is 13.0 Å². The summed E-state index contributed by atoms with van der Waals surface area (Å²) in [6.45, 7) is 1.93. The van der Waals surface area contributed by atoms with Crippen LogP contribution in [0, 0.1) is 6.92 Å². The molecule has 0 saturated heterocycles. The second-order valence-corrected chi connectivity index (χ2v) is 4.58. The fourth-order valence-corrected chi connectivity index (χ4v) is 1.82. The Morgan fingerprint density at radius 3 is 2.47 bits per heavy atom. The standard InChI is InChI=1S/C15H14ClNO2/c1-10-3-4-11(9-14(10)19-2)15(18)17-13-7-5-12(16)6-8-13/h3-9H,1-2H3,(H,17,18). The summed E-state index contributed by atoms with van der Waals surface area (Å²) in [5.74, 6) is 0.518. The SMILES string of the molecule is COc1cc(C(=O)Nc2ccc(Cl)cc2)ccc1C. The molecule has 4 heteroatoms. The number of carbonyl (C=O) groups is 1. The van der Waals surface area contributed by atoms with Gasteiger partial charge in [-0.1, -0.05) is 17.7 Å².